The van der Waals surface area contributed by atoms with Gasteiger partial charge in [-0.05, 0) is 61.9 Å². The first-order valence-corrected chi connectivity index (χ1v) is 9.28. The third-order valence-electron chi connectivity index (χ3n) is 6.20. The van der Waals surface area contributed by atoms with Crippen LogP contribution in [0, 0.1) is 18.2 Å². The quantitative estimate of drug-likeness (QED) is 0.910. The minimum absolute atomic E-state index is 0.0376. The van der Waals surface area contributed by atoms with Crippen molar-refractivity contribution in [2.75, 3.05) is 6.61 Å². The Hall–Kier alpha value is -2.20. The van der Waals surface area contributed by atoms with Crippen molar-refractivity contribution < 1.29 is 14.3 Å². The molecule has 1 N–H and O–H groups in total. The lowest BCUT2D eigenvalue weighted by molar-refractivity contribution is 0.0571. The standard InChI is InChI=1S/C22H24FNO2/c1-15-11-17(7-9-19(15)23)21(26)24-18-8-10-20(24)22(13-18,14-25)12-16-5-3-2-4-6-16/h2-7,9,11,18,20,25H,8,10,12-14H2,1H3/t18-,20+,22-/m0/s1. The van der Waals surface area contributed by atoms with Crippen LogP contribution in [0.5, 0.6) is 0 Å². The van der Waals surface area contributed by atoms with Gasteiger partial charge in [0.2, 0.25) is 0 Å². The zero-order valence-electron chi connectivity index (χ0n) is 15.0. The van der Waals surface area contributed by atoms with E-state index < -0.39 is 0 Å². The fourth-order valence-corrected chi connectivity index (χ4v) is 4.94. The highest BCUT2D eigenvalue weighted by Crippen LogP contribution is 2.51. The number of nitrogens with zero attached hydrogens (tertiary/aromatic N) is 1. The van der Waals surface area contributed by atoms with Gasteiger partial charge >= 0.3 is 0 Å². The summed E-state index contributed by atoms with van der Waals surface area (Å²) in [4.78, 5) is 15.1. The van der Waals surface area contributed by atoms with Gasteiger partial charge in [0.25, 0.3) is 5.91 Å². The molecule has 2 saturated heterocycles. The summed E-state index contributed by atoms with van der Waals surface area (Å²) in [6.45, 7) is 1.76. The van der Waals surface area contributed by atoms with Crippen molar-refractivity contribution in [2.24, 2.45) is 5.41 Å². The van der Waals surface area contributed by atoms with Crippen molar-refractivity contribution in [3.63, 3.8) is 0 Å². The summed E-state index contributed by atoms with van der Waals surface area (Å²) < 4.78 is 13.6. The average Bonchev–Trinajstić information content (AvgIpc) is 3.20. The molecule has 2 bridgehead atoms. The number of rotatable bonds is 4. The summed E-state index contributed by atoms with van der Waals surface area (Å²) in [5.41, 5.74) is 1.93. The Bertz CT molecular complexity index is 822. The number of hydrogen-bond acceptors (Lipinski definition) is 2. The molecule has 0 aliphatic carbocycles. The van der Waals surface area contributed by atoms with Gasteiger partial charge in [-0.3, -0.25) is 4.79 Å². The molecule has 2 fully saturated rings. The fourth-order valence-electron chi connectivity index (χ4n) is 4.94. The monoisotopic (exact) mass is 353 g/mol. The Labute approximate surface area is 153 Å². The maximum absolute atomic E-state index is 13.6. The zero-order valence-corrected chi connectivity index (χ0v) is 15.0. The van der Waals surface area contributed by atoms with E-state index >= 15 is 0 Å². The molecule has 0 aromatic heterocycles. The van der Waals surface area contributed by atoms with Crippen molar-refractivity contribution in [3.05, 3.63) is 71.0 Å². The molecule has 1 amide bonds. The number of fused-ring (bicyclic) bond motifs is 2. The van der Waals surface area contributed by atoms with E-state index in [1.807, 2.05) is 23.1 Å². The summed E-state index contributed by atoms with van der Waals surface area (Å²) in [6, 6.07) is 14.9. The van der Waals surface area contributed by atoms with Crippen LogP contribution in [0.15, 0.2) is 48.5 Å². The van der Waals surface area contributed by atoms with Crippen molar-refractivity contribution in [2.45, 2.75) is 44.7 Å². The Balaban J connectivity index is 1.62. The summed E-state index contributed by atoms with van der Waals surface area (Å²) >= 11 is 0. The lowest BCUT2D eigenvalue weighted by Crippen LogP contribution is -2.44. The van der Waals surface area contributed by atoms with Gasteiger partial charge < -0.3 is 10.0 Å². The van der Waals surface area contributed by atoms with E-state index in [2.05, 4.69) is 12.1 Å². The van der Waals surface area contributed by atoms with Crippen LogP contribution < -0.4 is 0 Å². The highest BCUT2D eigenvalue weighted by molar-refractivity contribution is 5.95. The second-order valence-electron chi connectivity index (χ2n) is 7.81. The number of carbonyl (C=O) groups is 1. The molecule has 3 nitrogen and oxygen atoms in total. The second-order valence-corrected chi connectivity index (χ2v) is 7.81. The fraction of sp³-hybridized carbons (Fsp3) is 0.409. The topological polar surface area (TPSA) is 40.5 Å². The molecule has 2 heterocycles. The van der Waals surface area contributed by atoms with Gasteiger partial charge in [-0.15, -0.1) is 0 Å². The molecule has 2 aromatic carbocycles. The number of aliphatic hydroxyl groups excluding tert-OH is 1. The Morgan fingerprint density at radius 1 is 1.23 bits per heavy atom. The number of hydrogen-bond donors (Lipinski definition) is 1. The molecular formula is C22H24FNO2. The molecule has 136 valence electrons. The van der Waals surface area contributed by atoms with Gasteiger partial charge in [0.05, 0.1) is 6.61 Å². The molecule has 2 aromatic rings. The highest BCUT2D eigenvalue weighted by atomic mass is 19.1. The Kier molecular flexibility index (Phi) is 4.31. The number of aryl methyl sites for hydroxylation is 1. The predicted molar refractivity (Wildman–Crippen MR) is 98.4 cm³/mol. The lowest BCUT2D eigenvalue weighted by Gasteiger charge is -2.36. The molecule has 2 aliphatic heterocycles. The molecule has 0 spiro atoms. The number of aliphatic hydroxyl groups is 1. The average molecular weight is 353 g/mol. The molecule has 0 radical (unpaired) electrons. The van der Waals surface area contributed by atoms with Gasteiger partial charge in [0, 0.05) is 23.1 Å². The van der Waals surface area contributed by atoms with Gasteiger partial charge in [-0.25, -0.2) is 4.39 Å². The van der Waals surface area contributed by atoms with E-state index in [4.69, 9.17) is 0 Å². The molecule has 4 rings (SSSR count). The van der Waals surface area contributed by atoms with Crippen molar-refractivity contribution in [3.8, 4) is 0 Å². The van der Waals surface area contributed by atoms with E-state index in [1.165, 1.54) is 11.6 Å². The van der Waals surface area contributed by atoms with Crippen LogP contribution in [-0.2, 0) is 6.42 Å². The smallest absolute Gasteiger partial charge is 0.254 e. The highest BCUT2D eigenvalue weighted by Gasteiger charge is 2.57. The molecule has 26 heavy (non-hydrogen) atoms. The Morgan fingerprint density at radius 2 is 2.00 bits per heavy atom. The van der Waals surface area contributed by atoms with Crippen LogP contribution in [0.1, 0.15) is 40.7 Å². The second kappa shape index (κ2) is 6.51. The van der Waals surface area contributed by atoms with Gasteiger partial charge in [-0.2, -0.15) is 0 Å². The lowest BCUT2D eigenvalue weighted by atomic mass is 9.70. The van der Waals surface area contributed by atoms with E-state index in [1.54, 1.807) is 19.1 Å². The first-order chi connectivity index (χ1) is 12.5. The number of benzene rings is 2. The summed E-state index contributed by atoms with van der Waals surface area (Å²) in [6.07, 6.45) is 3.50. The molecule has 3 atom stereocenters. The number of amides is 1. The number of carbonyl (C=O) groups excluding carboxylic acids is 1. The van der Waals surface area contributed by atoms with Crippen molar-refractivity contribution in [1.82, 2.24) is 4.90 Å². The van der Waals surface area contributed by atoms with Gasteiger partial charge in [-0.1, -0.05) is 30.3 Å². The SMILES string of the molecule is Cc1cc(C(=O)N2[C@H]3CC[C@@H]2[C@@](CO)(Cc2ccccc2)C3)ccc1F. The summed E-state index contributed by atoms with van der Waals surface area (Å²) in [5.74, 6) is -0.330. The van der Waals surface area contributed by atoms with Crippen LogP contribution in [0.4, 0.5) is 4.39 Å². The van der Waals surface area contributed by atoms with Crippen LogP contribution in [0.25, 0.3) is 0 Å². The van der Waals surface area contributed by atoms with Crippen LogP contribution in [-0.4, -0.2) is 34.6 Å². The predicted octanol–water partition coefficient (Wildman–Crippen LogP) is 3.73. The van der Waals surface area contributed by atoms with E-state index in [-0.39, 0.29) is 35.8 Å². The normalized spacial score (nSPS) is 27.1. The van der Waals surface area contributed by atoms with Crippen LogP contribution in [0.3, 0.4) is 0 Å². The maximum Gasteiger partial charge on any atom is 0.254 e. The van der Waals surface area contributed by atoms with Crippen LogP contribution >= 0.6 is 0 Å². The zero-order chi connectivity index (χ0) is 18.3. The first kappa shape index (κ1) is 17.2. The third kappa shape index (κ3) is 2.73. The van der Waals surface area contributed by atoms with E-state index in [0.717, 1.165) is 25.7 Å². The summed E-state index contributed by atoms with van der Waals surface area (Å²) in [5, 5.41) is 10.3. The van der Waals surface area contributed by atoms with Crippen molar-refractivity contribution in [1.29, 1.82) is 0 Å². The molecule has 4 heteroatoms. The molecule has 0 saturated carbocycles. The molecular weight excluding hydrogens is 329 g/mol. The molecule has 2 aliphatic rings. The maximum atomic E-state index is 13.6. The van der Waals surface area contributed by atoms with Crippen molar-refractivity contribution >= 4 is 5.91 Å². The largest absolute Gasteiger partial charge is 0.396 e. The third-order valence-corrected chi connectivity index (χ3v) is 6.20. The van der Waals surface area contributed by atoms with Gasteiger partial charge in [0.15, 0.2) is 0 Å². The molecule has 0 unspecified atom stereocenters. The van der Waals surface area contributed by atoms with E-state index in [0.29, 0.717) is 11.1 Å². The summed E-state index contributed by atoms with van der Waals surface area (Å²) in [7, 11) is 0. The van der Waals surface area contributed by atoms with Crippen LogP contribution in [0.2, 0.25) is 0 Å². The van der Waals surface area contributed by atoms with E-state index in [9.17, 15) is 14.3 Å². The number of halogens is 1. The minimum Gasteiger partial charge on any atom is -0.396 e. The Morgan fingerprint density at radius 3 is 2.69 bits per heavy atom. The van der Waals surface area contributed by atoms with Gasteiger partial charge in [0.1, 0.15) is 5.82 Å². The first-order valence-electron chi connectivity index (χ1n) is 9.28. The minimum atomic E-state index is -0.292.